The zero-order chi connectivity index (χ0) is 15.5. The lowest BCUT2D eigenvalue weighted by Crippen LogP contribution is -2.10. The molecule has 0 aliphatic heterocycles. The summed E-state index contributed by atoms with van der Waals surface area (Å²) in [5.41, 5.74) is 4.38. The fourth-order valence-electron chi connectivity index (χ4n) is 2.09. The van der Waals surface area contributed by atoms with Crippen molar-refractivity contribution in [3.63, 3.8) is 0 Å². The number of ether oxygens (including phenoxy) is 1. The van der Waals surface area contributed by atoms with Crippen LogP contribution < -0.4 is 4.74 Å². The van der Waals surface area contributed by atoms with Crippen LogP contribution in [-0.2, 0) is 17.9 Å². The molecule has 0 fully saturated rings. The summed E-state index contributed by atoms with van der Waals surface area (Å²) in [7, 11) is 0. The van der Waals surface area contributed by atoms with E-state index in [1.54, 1.807) is 0 Å². The molecule has 0 spiro atoms. The fraction of sp³-hybridized carbons (Fsp3) is 0.389. The third-order valence-electron chi connectivity index (χ3n) is 3.41. The van der Waals surface area contributed by atoms with Crippen LogP contribution in [0.1, 0.15) is 43.3 Å². The Morgan fingerprint density at radius 2 is 1.71 bits per heavy atom. The number of halogens is 1. The van der Waals surface area contributed by atoms with Crippen molar-refractivity contribution in [1.29, 1.82) is 0 Å². The molecule has 0 aliphatic carbocycles. The first kappa shape index (κ1) is 15.8. The summed E-state index contributed by atoms with van der Waals surface area (Å²) < 4.78 is 5.85. The van der Waals surface area contributed by atoms with Gasteiger partial charge in [-0.3, -0.25) is 4.98 Å². The maximum atomic E-state index is 5.91. The van der Waals surface area contributed by atoms with Crippen molar-refractivity contribution >= 4 is 11.6 Å². The Labute approximate surface area is 132 Å². The molecule has 3 heteroatoms. The lowest BCUT2D eigenvalue weighted by atomic mass is 9.87. The van der Waals surface area contributed by atoms with E-state index in [1.807, 2.05) is 19.1 Å². The summed E-state index contributed by atoms with van der Waals surface area (Å²) >= 11 is 5.91. The number of alkyl halides is 1. The summed E-state index contributed by atoms with van der Waals surface area (Å²) in [5.74, 6) is 1.12. The summed E-state index contributed by atoms with van der Waals surface area (Å²) in [6.45, 7) is 9.11. The summed E-state index contributed by atoms with van der Waals surface area (Å²) in [6, 6.07) is 12.4. The monoisotopic (exact) mass is 303 g/mol. The molecule has 21 heavy (non-hydrogen) atoms. The summed E-state index contributed by atoms with van der Waals surface area (Å²) in [5, 5.41) is 0. The van der Waals surface area contributed by atoms with Gasteiger partial charge >= 0.3 is 0 Å². The first-order valence-electron chi connectivity index (χ1n) is 7.15. The van der Waals surface area contributed by atoms with Gasteiger partial charge in [0.05, 0.1) is 11.6 Å². The molecule has 2 rings (SSSR count). The zero-order valence-corrected chi connectivity index (χ0v) is 13.9. The number of aryl methyl sites for hydroxylation is 1. The Kier molecular flexibility index (Phi) is 4.89. The Balaban J connectivity index is 2.07. The van der Waals surface area contributed by atoms with Crippen LogP contribution in [0.25, 0.3) is 0 Å². The van der Waals surface area contributed by atoms with Gasteiger partial charge in [-0.25, -0.2) is 0 Å². The third-order valence-corrected chi connectivity index (χ3v) is 3.67. The molecule has 0 saturated heterocycles. The fourth-order valence-corrected chi connectivity index (χ4v) is 2.28. The van der Waals surface area contributed by atoms with Gasteiger partial charge in [0.2, 0.25) is 0 Å². The van der Waals surface area contributed by atoms with E-state index in [0.29, 0.717) is 12.5 Å². The normalized spacial score (nSPS) is 11.5. The highest BCUT2D eigenvalue weighted by atomic mass is 35.5. The quantitative estimate of drug-likeness (QED) is 0.741. The van der Waals surface area contributed by atoms with Crippen molar-refractivity contribution in [2.24, 2.45) is 0 Å². The Hall–Kier alpha value is -1.54. The van der Waals surface area contributed by atoms with Crippen LogP contribution >= 0.6 is 11.6 Å². The molecule has 0 atom stereocenters. The Morgan fingerprint density at radius 3 is 2.29 bits per heavy atom. The standard InChI is InChI=1S/C18H22ClNO/c1-13-5-10-17(16(11-19)20-13)21-12-14-6-8-15(9-7-14)18(2,3)4/h5-10H,11-12H2,1-4H3. The van der Waals surface area contributed by atoms with Gasteiger partial charge in [0.25, 0.3) is 0 Å². The number of rotatable bonds is 4. The molecule has 0 saturated carbocycles. The predicted octanol–water partition coefficient (Wildman–Crippen LogP) is 5.01. The molecule has 0 N–H and O–H groups in total. The minimum absolute atomic E-state index is 0.173. The molecular weight excluding hydrogens is 282 g/mol. The maximum Gasteiger partial charge on any atom is 0.142 e. The van der Waals surface area contributed by atoms with Crippen molar-refractivity contribution in [1.82, 2.24) is 4.98 Å². The number of aromatic nitrogens is 1. The van der Waals surface area contributed by atoms with Gasteiger partial charge in [-0.05, 0) is 35.6 Å². The molecule has 0 amide bonds. The van der Waals surface area contributed by atoms with E-state index in [4.69, 9.17) is 16.3 Å². The van der Waals surface area contributed by atoms with Gasteiger partial charge in [-0.1, -0.05) is 45.0 Å². The average molecular weight is 304 g/mol. The van der Waals surface area contributed by atoms with Crippen LogP contribution in [-0.4, -0.2) is 4.98 Å². The van der Waals surface area contributed by atoms with Gasteiger partial charge in [0.15, 0.2) is 0 Å². The second-order valence-corrected chi connectivity index (χ2v) is 6.53. The zero-order valence-electron chi connectivity index (χ0n) is 13.1. The van der Waals surface area contributed by atoms with E-state index in [2.05, 4.69) is 50.0 Å². The Bertz CT molecular complexity index is 600. The summed E-state index contributed by atoms with van der Waals surface area (Å²) in [6.07, 6.45) is 0. The van der Waals surface area contributed by atoms with E-state index < -0.39 is 0 Å². The van der Waals surface area contributed by atoms with Crippen molar-refractivity contribution in [2.45, 2.75) is 45.6 Å². The number of benzene rings is 1. The minimum atomic E-state index is 0.173. The van der Waals surface area contributed by atoms with Crippen molar-refractivity contribution in [2.75, 3.05) is 0 Å². The smallest absolute Gasteiger partial charge is 0.142 e. The van der Waals surface area contributed by atoms with E-state index in [-0.39, 0.29) is 5.41 Å². The molecule has 1 aromatic heterocycles. The number of pyridine rings is 1. The van der Waals surface area contributed by atoms with Crippen LogP contribution in [0.4, 0.5) is 0 Å². The lowest BCUT2D eigenvalue weighted by molar-refractivity contribution is 0.302. The van der Waals surface area contributed by atoms with Crippen molar-refractivity contribution in [3.05, 3.63) is 58.9 Å². The largest absolute Gasteiger partial charge is 0.487 e. The first-order valence-corrected chi connectivity index (χ1v) is 7.68. The van der Waals surface area contributed by atoms with E-state index >= 15 is 0 Å². The first-order chi connectivity index (χ1) is 9.90. The number of nitrogens with zero attached hydrogens (tertiary/aromatic N) is 1. The van der Waals surface area contributed by atoms with Crippen LogP contribution in [0.2, 0.25) is 0 Å². The molecule has 2 nitrogen and oxygen atoms in total. The number of hydrogen-bond acceptors (Lipinski definition) is 2. The molecule has 1 heterocycles. The second kappa shape index (κ2) is 6.48. The van der Waals surface area contributed by atoms with E-state index in [9.17, 15) is 0 Å². The molecule has 0 radical (unpaired) electrons. The van der Waals surface area contributed by atoms with Crippen molar-refractivity contribution in [3.8, 4) is 5.75 Å². The highest BCUT2D eigenvalue weighted by Crippen LogP contribution is 2.23. The Morgan fingerprint density at radius 1 is 1.05 bits per heavy atom. The molecular formula is C18H22ClNO. The maximum absolute atomic E-state index is 5.91. The SMILES string of the molecule is Cc1ccc(OCc2ccc(C(C)(C)C)cc2)c(CCl)n1. The topological polar surface area (TPSA) is 22.1 Å². The van der Waals surface area contributed by atoms with Gasteiger partial charge in [-0.2, -0.15) is 0 Å². The van der Waals surface area contributed by atoms with Gasteiger partial charge in [-0.15, -0.1) is 11.6 Å². The van der Waals surface area contributed by atoms with Gasteiger partial charge in [0, 0.05) is 5.69 Å². The van der Waals surface area contributed by atoms with Crippen molar-refractivity contribution < 1.29 is 4.74 Å². The minimum Gasteiger partial charge on any atom is -0.487 e. The van der Waals surface area contributed by atoms with Gasteiger partial charge < -0.3 is 4.74 Å². The number of hydrogen-bond donors (Lipinski definition) is 0. The molecule has 1 aromatic carbocycles. The second-order valence-electron chi connectivity index (χ2n) is 6.27. The predicted molar refractivity (Wildman–Crippen MR) is 88.0 cm³/mol. The van der Waals surface area contributed by atoms with E-state index in [1.165, 1.54) is 5.56 Å². The van der Waals surface area contributed by atoms with E-state index in [0.717, 1.165) is 22.7 Å². The van der Waals surface area contributed by atoms with Gasteiger partial charge in [0.1, 0.15) is 12.4 Å². The highest BCUT2D eigenvalue weighted by Gasteiger charge is 2.13. The molecule has 2 aromatic rings. The molecule has 112 valence electrons. The van der Waals surface area contributed by atoms with Crippen LogP contribution in [0.15, 0.2) is 36.4 Å². The lowest BCUT2D eigenvalue weighted by Gasteiger charge is -2.19. The van der Waals surface area contributed by atoms with Crippen LogP contribution in [0, 0.1) is 6.92 Å². The highest BCUT2D eigenvalue weighted by molar-refractivity contribution is 6.17. The molecule has 0 aliphatic rings. The third kappa shape index (κ3) is 4.21. The van der Waals surface area contributed by atoms with Crippen LogP contribution in [0.3, 0.4) is 0 Å². The average Bonchev–Trinajstić information content (AvgIpc) is 2.45. The molecule has 0 bridgehead atoms. The van der Waals surface area contributed by atoms with Crippen LogP contribution in [0.5, 0.6) is 5.75 Å². The molecule has 0 unspecified atom stereocenters. The summed E-state index contributed by atoms with van der Waals surface area (Å²) in [4.78, 5) is 4.39.